The van der Waals surface area contributed by atoms with Crippen LogP contribution in [0, 0.1) is 0 Å². The maximum Gasteiger partial charge on any atom is 0.130 e. The van der Waals surface area contributed by atoms with E-state index < -0.39 is 6.10 Å². The molecule has 20 heavy (non-hydrogen) atoms. The molecule has 1 aromatic carbocycles. The van der Waals surface area contributed by atoms with Crippen LogP contribution < -0.4 is 9.47 Å². The van der Waals surface area contributed by atoms with Gasteiger partial charge in [-0.25, -0.2) is 4.98 Å². The fourth-order valence-corrected chi connectivity index (χ4v) is 2.33. The summed E-state index contributed by atoms with van der Waals surface area (Å²) < 4.78 is 13.3. The molecule has 0 saturated carbocycles. The number of hydrogen-bond acceptors (Lipinski definition) is 4. The Morgan fingerprint density at radius 2 is 2.40 bits per heavy atom. The van der Waals surface area contributed by atoms with Crippen molar-refractivity contribution in [3.63, 3.8) is 0 Å². The Labute approximate surface area is 117 Å². The molecule has 1 atom stereocenters. The maximum absolute atomic E-state index is 9.67. The maximum atomic E-state index is 9.67. The molecule has 0 bridgehead atoms. The number of aliphatic hydroxyl groups excluding tert-OH is 1. The number of nitrogens with zero attached hydrogens (tertiary/aromatic N) is 2. The third kappa shape index (κ3) is 2.49. The molecule has 2 heterocycles. The molecule has 0 saturated heterocycles. The van der Waals surface area contributed by atoms with Gasteiger partial charge in [0.15, 0.2) is 0 Å². The number of benzene rings is 1. The Morgan fingerprint density at radius 3 is 3.25 bits per heavy atom. The fraction of sp³-hybridized carbons (Fsp3) is 0.400. The standard InChI is InChI=1S/C15H18N2O3/c1-2-5-17-10-16-7-11(17)8-19-12-3-4-13-14(18)9-20-15(13)6-12/h3-4,6-7,10,14,18H,2,5,8-9H2,1H3. The van der Waals surface area contributed by atoms with Crippen LogP contribution in [-0.2, 0) is 13.2 Å². The summed E-state index contributed by atoms with van der Waals surface area (Å²) in [4.78, 5) is 4.15. The van der Waals surface area contributed by atoms with Crippen molar-refractivity contribution in [1.29, 1.82) is 0 Å². The van der Waals surface area contributed by atoms with Gasteiger partial charge in [0.05, 0.1) is 18.2 Å². The third-order valence-corrected chi connectivity index (χ3v) is 3.39. The van der Waals surface area contributed by atoms with E-state index in [9.17, 15) is 5.11 Å². The third-order valence-electron chi connectivity index (χ3n) is 3.39. The molecule has 5 heteroatoms. The fourth-order valence-electron chi connectivity index (χ4n) is 2.33. The first-order valence-electron chi connectivity index (χ1n) is 6.84. The van der Waals surface area contributed by atoms with E-state index in [0.29, 0.717) is 19.0 Å². The van der Waals surface area contributed by atoms with E-state index in [1.165, 1.54) is 0 Å². The summed E-state index contributed by atoms with van der Waals surface area (Å²) in [5.41, 5.74) is 1.88. The highest BCUT2D eigenvalue weighted by atomic mass is 16.5. The van der Waals surface area contributed by atoms with E-state index in [1.807, 2.05) is 30.7 Å². The zero-order valence-electron chi connectivity index (χ0n) is 11.5. The van der Waals surface area contributed by atoms with Gasteiger partial charge in [-0.05, 0) is 18.6 Å². The zero-order chi connectivity index (χ0) is 13.9. The highest BCUT2D eigenvalue weighted by Gasteiger charge is 2.22. The van der Waals surface area contributed by atoms with E-state index in [2.05, 4.69) is 16.5 Å². The predicted octanol–water partition coefficient (Wildman–Crippen LogP) is 2.30. The summed E-state index contributed by atoms with van der Waals surface area (Å²) in [5, 5.41) is 9.67. The Balaban J connectivity index is 1.68. The normalized spacial score (nSPS) is 16.8. The molecule has 2 aromatic rings. The zero-order valence-corrected chi connectivity index (χ0v) is 11.5. The van der Waals surface area contributed by atoms with Crippen LogP contribution in [0.2, 0.25) is 0 Å². The summed E-state index contributed by atoms with van der Waals surface area (Å²) in [6.07, 6.45) is 4.19. The van der Waals surface area contributed by atoms with Crippen LogP contribution in [0.4, 0.5) is 0 Å². The number of aryl methyl sites for hydroxylation is 1. The molecule has 1 aromatic heterocycles. The van der Waals surface area contributed by atoms with Crippen molar-refractivity contribution in [2.75, 3.05) is 6.61 Å². The lowest BCUT2D eigenvalue weighted by atomic mass is 10.1. The first-order valence-corrected chi connectivity index (χ1v) is 6.84. The van der Waals surface area contributed by atoms with E-state index in [0.717, 1.165) is 30.0 Å². The van der Waals surface area contributed by atoms with Crippen molar-refractivity contribution in [2.24, 2.45) is 0 Å². The van der Waals surface area contributed by atoms with Crippen LogP contribution in [0.1, 0.15) is 30.7 Å². The van der Waals surface area contributed by atoms with E-state index >= 15 is 0 Å². The van der Waals surface area contributed by atoms with Crippen LogP contribution in [0.3, 0.4) is 0 Å². The lowest BCUT2D eigenvalue weighted by Crippen LogP contribution is -2.05. The predicted molar refractivity (Wildman–Crippen MR) is 73.7 cm³/mol. The Kier molecular flexibility index (Phi) is 3.60. The lowest BCUT2D eigenvalue weighted by molar-refractivity contribution is 0.140. The molecule has 3 rings (SSSR count). The molecule has 0 fully saturated rings. The average molecular weight is 274 g/mol. The average Bonchev–Trinajstić information content (AvgIpc) is 3.04. The van der Waals surface area contributed by atoms with Gasteiger partial charge in [0.2, 0.25) is 0 Å². The Morgan fingerprint density at radius 1 is 1.50 bits per heavy atom. The van der Waals surface area contributed by atoms with Crippen molar-refractivity contribution in [2.45, 2.75) is 32.6 Å². The number of rotatable bonds is 5. The molecule has 1 aliphatic rings. The SMILES string of the molecule is CCCn1cncc1COc1ccc2c(c1)OCC2O. The second-order valence-electron chi connectivity index (χ2n) is 4.89. The van der Waals surface area contributed by atoms with Crippen LogP contribution in [0.25, 0.3) is 0 Å². The molecular weight excluding hydrogens is 256 g/mol. The van der Waals surface area contributed by atoms with Gasteiger partial charge in [0, 0.05) is 18.2 Å². The molecule has 0 radical (unpaired) electrons. The summed E-state index contributed by atoms with van der Waals surface area (Å²) >= 11 is 0. The molecule has 0 spiro atoms. The second kappa shape index (κ2) is 5.54. The molecule has 0 aliphatic carbocycles. The molecule has 5 nitrogen and oxygen atoms in total. The minimum atomic E-state index is -0.523. The first kappa shape index (κ1) is 13.0. The van der Waals surface area contributed by atoms with Gasteiger partial charge in [-0.15, -0.1) is 0 Å². The Bertz CT molecular complexity index is 595. The van der Waals surface area contributed by atoms with Crippen molar-refractivity contribution in [1.82, 2.24) is 9.55 Å². The summed E-state index contributed by atoms with van der Waals surface area (Å²) in [5.74, 6) is 1.44. The summed E-state index contributed by atoms with van der Waals surface area (Å²) in [6.45, 7) is 3.87. The van der Waals surface area contributed by atoms with Crippen molar-refractivity contribution >= 4 is 0 Å². The second-order valence-corrected chi connectivity index (χ2v) is 4.89. The highest BCUT2D eigenvalue weighted by Crippen LogP contribution is 2.35. The molecular formula is C15H18N2O3. The monoisotopic (exact) mass is 274 g/mol. The quantitative estimate of drug-likeness (QED) is 0.909. The number of ether oxygens (including phenoxy) is 2. The van der Waals surface area contributed by atoms with Crippen LogP contribution in [0.15, 0.2) is 30.7 Å². The molecule has 1 aliphatic heterocycles. The van der Waals surface area contributed by atoms with Gasteiger partial charge < -0.3 is 19.1 Å². The summed E-state index contributed by atoms with van der Waals surface area (Å²) in [7, 11) is 0. The number of hydrogen-bond donors (Lipinski definition) is 1. The van der Waals surface area contributed by atoms with Crippen LogP contribution >= 0.6 is 0 Å². The van der Waals surface area contributed by atoms with Crippen LogP contribution in [-0.4, -0.2) is 21.3 Å². The summed E-state index contributed by atoms with van der Waals surface area (Å²) in [6, 6.07) is 5.54. The first-order chi connectivity index (χ1) is 9.78. The lowest BCUT2D eigenvalue weighted by Gasteiger charge is -2.10. The van der Waals surface area contributed by atoms with Gasteiger partial charge in [0.25, 0.3) is 0 Å². The smallest absolute Gasteiger partial charge is 0.130 e. The van der Waals surface area contributed by atoms with Crippen molar-refractivity contribution in [3.05, 3.63) is 42.0 Å². The topological polar surface area (TPSA) is 56.5 Å². The van der Waals surface area contributed by atoms with E-state index in [1.54, 1.807) is 0 Å². The van der Waals surface area contributed by atoms with E-state index in [-0.39, 0.29) is 0 Å². The minimum Gasteiger partial charge on any atom is -0.490 e. The number of fused-ring (bicyclic) bond motifs is 1. The number of imidazole rings is 1. The molecule has 106 valence electrons. The van der Waals surface area contributed by atoms with Gasteiger partial charge in [-0.3, -0.25) is 0 Å². The van der Waals surface area contributed by atoms with Crippen molar-refractivity contribution in [3.8, 4) is 11.5 Å². The van der Waals surface area contributed by atoms with Crippen molar-refractivity contribution < 1.29 is 14.6 Å². The highest BCUT2D eigenvalue weighted by molar-refractivity contribution is 5.44. The van der Waals surface area contributed by atoms with E-state index in [4.69, 9.17) is 9.47 Å². The molecule has 1 N–H and O–H groups in total. The van der Waals surface area contributed by atoms with Gasteiger partial charge in [-0.2, -0.15) is 0 Å². The number of aliphatic hydroxyl groups is 1. The molecule has 1 unspecified atom stereocenters. The van der Waals surface area contributed by atoms with Gasteiger partial charge in [0.1, 0.15) is 30.8 Å². The largest absolute Gasteiger partial charge is 0.490 e. The van der Waals surface area contributed by atoms with Gasteiger partial charge >= 0.3 is 0 Å². The number of aromatic nitrogens is 2. The Hall–Kier alpha value is -2.01. The molecule has 0 amide bonds. The van der Waals surface area contributed by atoms with Gasteiger partial charge in [-0.1, -0.05) is 6.92 Å². The van der Waals surface area contributed by atoms with Crippen LogP contribution in [0.5, 0.6) is 11.5 Å². The minimum absolute atomic E-state index is 0.321.